The van der Waals surface area contributed by atoms with Crippen LogP contribution in [0.3, 0.4) is 0 Å². The SMILES string of the molecule is CC(C)(C)[C]1[CH][C](C(C)(C)C)[C](C(C)(C)C)[CH]1.CC(C)(C)[C]1[CH][C](C(C)(C)C)[C](C(C)(C)C)[CH]1.C[C]1[C](C)[C](C)[C](C)[C]1C.F[P-](F)(F)(F)(F)F.F[P-](F)(F)(F)(F)F.[C-]#[O+].[C-]#[O+].[C-]#[O+].[C-]#[O+].[Fe].[Fe].[Ir].[P]1[P][P][P]1. The molecule has 4 nitrogen and oxygen atoms in total. The van der Waals surface area contributed by atoms with Gasteiger partial charge in [-0.05, 0) is 123 Å². The second-order valence-corrected chi connectivity index (χ2v) is 35.2. The van der Waals surface area contributed by atoms with Gasteiger partial charge in [-0.3, -0.25) is 0 Å². The average molecular weight is 1430 g/mol. The second-order valence-electron chi connectivity index (χ2n) is 22.0. The van der Waals surface area contributed by atoms with Crippen molar-refractivity contribution in [3.8, 4) is 0 Å². The minimum absolute atomic E-state index is 0. The van der Waals surface area contributed by atoms with Crippen molar-refractivity contribution in [2.45, 2.75) is 159 Å². The van der Waals surface area contributed by atoms with E-state index in [-0.39, 0.29) is 86.7 Å². The smallest absolute Gasteiger partial charge is 0 e. The molecule has 3 saturated carbocycles. The van der Waals surface area contributed by atoms with Crippen LogP contribution in [0.4, 0.5) is 50.4 Å². The summed E-state index contributed by atoms with van der Waals surface area (Å²) in [6.07, 6.45) is 9.67. The molecule has 0 aromatic carbocycles. The molecule has 1 aliphatic heterocycles. The molecule has 73 heavy (non-hydrogen) atoms. The first kappa shape index (κ1) is 94.7. The van der Waals surface area contributed by atoms with Gasteiger partial charge in [-0.1, -0.05) is 159 Å². The van der Waals surface area contributed by atoms with Gasteiger partial charge in [-0.15, -0.1) is 0 Å². The first-order valence-corrected chi connectivity index (χ1v) is 31.2. The normalized spacial score (nSPS) is 21.5. The molecule has 0 bridgehead atoms. The molecule has 20 radical (unpaired) electrons. The van der Waals surface area contributed by atoms with Gasteiger partial charge < -0.3 is 0 Å². The molecule has 0 spiro atoms. The predicted octanol–water partition coefficient (Wildman–Crippen LogP) is 23.6. The second kappa shape index (κ2) is 33.5. The van der Waals surface area contributed by atoms with Crippen LogP contribution in [0.5, 0.6) is 0 Å². The van der Waals surface area contributed by atoms with Gasteiger partial charge in [-0.25, -0.2) is 0 Å². The van der Waals surface area contributed by atoms with E-state index in [0.717, 1.165) is 0 Å². The molecule has 0 N–H and O–H groups in total. The van der Waals surface area contributed by atoms with Crippen LogP contribution >= 0.6 is 47.4 Å². The Balaban J connectivity index is -0.0000000971. The van der Waals surface area contributed by atoms with Crippen molar-refractivity contribution < 1.29 is 123 Å². The maximum absolute atomic E-state index is 10.7. The summed E-state index contributed by atoms with van der Waals surface area (Å²) in [4.78, 5) is 0. The van der Waals surface area contributed by atoms with Crippen LogP contribution < -0.4 is 0 Å². The van der Waals surface area contributed by atoms with E-state index in [0.29, 0.717) is 0 Å². The predicted molar refractivity (Wildman–Crippen MR) is 269 cm³/mol. The summed E-state index contributed by atoms with van der Waals surface area (Å²) < 4.78 is 148. The molecule has 4 fully saturated rings. The Kier molecular flexibility index (Phi) is 43.4. The van der Waals surface area contributed by atoms with E-state index < -0.39 is 15.6 Å². The van der Waals surface area contributed by atoms with E-state index in [2.05, 4.69) is 212 Å². The molecule has 1 heterocycles. The number of hydrogen-bond acceptors (Lipinski definition) is 0. The molecule has 4 rings (SSSR count). The Morgan fingerprint density at radius 1 is 0.301 bits per heavy atom. The van der Waals surface area contributed by atoms with Crippen LogP contribution in [-0.2, 0) is 72.9 Å². The largest absolute Gasteiger partial charge is 0 e. The van der Waals surface area contributed by atoms with Crippen LogP contribution in [-0.4, -0.2) is 0 Å². The van der Waals surface area contributed by atoms with Crippen molar-refractivity contribution in [2.24, 2.45) is 32.5 Å². The van der Waals surface area contributed by atoms with Crippen molar-refractivity contribution >= 4 is 47.4 Å². The Morgan fingerprint density at radius 2 is 0.397 bits per heavy atom. The van der Waals surface area contributed by atoms with Gasteiger partial charge in [0.1, 0.15) is 0 Å². The summed E-state index contributed by atoms with van der Waals surface area (Å²) in [6, 6.07) is 0. The quantitative estimate of drug-likeness (QED) is 0.0762. The zero-order valence-electron chi connectivity index (χ0n) is 45.7. The van der Waals surface area contributed by atoms with Crippen molar-refractivity contribution in [1.29, 1.82) is 0 Å². The van der Waals surface area contributed by atoms with Crippen molar-refractivity contribution in [3.63, 3.8) is 0 Å². The molecular formula is C48H73F12Fe2IrO4P6-2. The van der Waals surface area contributed by atoms with Crippen molar-refractivity contribution in [3.05, 3.63) is 117 Å². The first-order valence-electron chi connectivity index (χ1n) is 20.7. The monoisotopic (exact) mass is 1430 g/mol. The molecule has 0 atom stereocenters. The maximum atomic E-state index is 9.87. The summed E-state index contributed by atoms with van der Waals surface area (Å²) in [5.74, 6) is 16.3. The number of hydrogen-bond donors (Lipinski definition) is 0. The molecule has 25 heteroatoms. The molecule has 0 unspecified atom stereocenters. The van der Waals surface area contributed by atoms with Crippen LogP contribution in [0, 0.1) is 150 Å². The fourth-order valence-electron chi connectivity index (χ4n) is 5.81. The van der Waals surface area contributed by atoms with Gasteiger partial charge in [0, 0.05) is 86.1 Å². The van der Waals surface area contributed by atoms with Gasteiger partial charge in [0.15, 0.2) is 0 Å². The minimum Gasteiger partial charge on any atom is 0 e. The van der Waals surface area contributed by atoms with E-state index in [9.17, 15) is 50.4 Å². The standard InChI is InChI=1S/2C17H29.C10H15.4CO.2F6P.2Fe.Ir.P4/c2*1-15(2,3)12-10-13(16(4,5)6)14(11-12)17(7,8)9;1-6-7(2)9(4)10(5)8(6)3;4*1-2;2*1-7(2,3,4,5)6;;;;1-2-4-3-1/h2*10-11H,1-9H3;1-5H3;;;;;;;;;;/q;;;;;;;2*-1;;;;. The first-order chi connectivity index (χ1) is 30.1. The van der Waals surface area contributed by atoms with Gasteiger partial charge in [-0.2, -0.15) is 0 Å². The van der Waals surface area contributed by atoms with Crippen LogP contribution in [0.1, 0.15) is 159 Å². The third-order valence-corrected chi connectivity index (χ3v) is 22.5. The molecule has 3 aliphatic carbocycles. The fourth-order valence-corrected chi connectivity index (χ4v) is 9.01. The molecule has 0 amide bonds. The maximum Gasteiger partial charge on any atom is 0 e. The molecule has 1 saturated heterocycles. The molecule has 430 valence electrons. The van der Waals surface area contributed by atoms with E-state index in [1.54, 1.807) is 31.8 Å². The Hall–Kier alpha value is 2.39. The zero-order chi connectivity index (χ0) is 58.8. The van der Waals surface area contributed by atoms with Crippen LogP contribution in [0.2, 0.25) is 0 Å². The van der Waals surface area contributed by atoms with Gasteiger partial charge in [0.05, 0.1) is 0 Å². The van der Waals surface area contributed by atoms with Crippen molar-refractivity contribution in [1.82, 2.24) is 0 Å². The van der Waals surface area contributed by atoms with Crippen LogP contribution in [0.25, 0.3) is 0 Å². The fraction of sp³-hybridized carbons (Fsp3) is 0.604. The molecule has 4 aliphatic rings. The average Bonchev–Trinajstić information content (AvgIpc) is 3.81. The minimum atomic E-state index is -10.7. The molecule has 0 aromatic heterocycles. The van der Waals surface area contributed by atoms with Gasteiger partial charge >= 0.3 is 111 Å². The number of rotatable bonds is 0. The van der Waals surface area contributed by atoms with Gasteiger partial charge in [0.25, 0.3) is 0 Å². The Bertz CT molecular complexity index is 1350. The third kappa shape index (κ3) is 52.2. The summed E-state index contributed by atoms with van der Waals surface area (Å²) in [5, 5.41) is 0. The summed E-state index contributed by atoms with van der Waals surface area (Å²) in [7, 11) is -14.9. The van der Waals surface area contributed by atoms with Crippen molar-refractivity contribution in [2.75, 3.05) is 0 Å². The Labute approximate surface area is 476 Å². The summed E-state index contributed by atoms with van der Waals surface area (Å²) >= 11 is 0. The third-order valence-electron chi connectivity index (χ3n) is 9.72. The van der Waals surface area contributed by atoms with Gasteiger partial charge in [0.2, 0.25) is 0 Å². The summed E-state index contributed by atoms with van der Waals surface area (Å²) in [6.45, 7) is 70.5. The Morgan fingerprint density at radius 3 is 0.452 bits per heavy atom. The number of halogens is 12. The molecule has 0 aromatic rings. The summed E-state index contributed by atoms with van der Waals surface area (Å²) in [5.41, 5.74) is 1.39. The van der Waals surface area contributed by atoms with E-state index >= 15 is 0 Å². The van der Waals surface area contributed by atoms with E-state index in [1.807, 2.05) is 0 Å². The van der Waals surface area contributed by atoms with Crippen LogP contribution in [0.15, 0.2) is 0 Å². The zero-order valence-corrected chi connectivity index (χ0v) is 55.7. The van der Waals surface area contributed by atoms with E-state index in [4.69, 9.17) is 18.6 Å². The topological polar surface area (TPSA) is 79.6 Å². The van der Waals surface area contributed by atoms with E-state index in [1.165, 1.54) is 65.1 Å². The molecular weight excluding hydrogens is 1360 g/mol.